The number of hydrogen-bond acceptors (Lipinski definition) is 5. The topological polar surface area (TPSA) is 84.7 Å². The minimum Gasteiger partial charge on any atom is -0.360 e. The minimum atomic E-state index is -0.774. The molecule has 2 unspecified atom stereocenters. The second-order valence-electron chi connectivity index (χ2n) is 7.48. The Morgan fingerprint density at radius 1 is 1.30 bits per heavy atom. The van der Waals surface area contributed by atoms with Crippen molar-refractivity contribution in [1.29, 1.82) is 0 Å². The van der Waals surface area contributed by atoms with E-state index in [-0.39, 0.29) is 17.9 Å². The van der Waals surface area contributed by atoms with Gasteiger partial charge in [-0.05, 0) is 26.0 Å². The van der Waals surface area contributed by atoms with E-state index < -0.39 is 17.4 Å². The Labute approximate surface area is 156 Å². The highest BCUT2D eigenvalue weighted by molar-refractivity contribution is 6.05. The molecular weight excluding hydrogens is 346 g/mol. The van der Waals surface area contributed by atoms with Crippen LogP contribution in [0.3, 0.4) is 0 Å². The Hall–Kier alpha value is -2.93. The second-order valence-corrected chi connectivity index (χ2v) is 7.48. The molecule has 4 heterocycles. The predicted molar refractivity (Wildman–Crippen MR) is 97.1 cm³/mol. The third-order valence-corrected chi connectivity index (χ3v) is 5.61. The molecule has 2 saturated heterocycles. The summed E-state index contributed by atoms with van der Waals surface area (Å²) < 4.78 is 11.2. The van der Waals surface area contributed by atoms with Crippen molar-refractivity contribution in [3.8, 4) is 0 Å². The zero-order valence-corrected chi connectivity index (χ0v) is 15.0. The first-order valence-electron chi connectivity index (χ1n) is 8.96. The van der Waals surface area contributed by atoms with Gasteiger partial charge in [-0.2, -0.15) is 0 Å². The zero-order valence-electron chi connectivity index (χ0n) is 15.0. The Balaban J connectivity index is 1.43. The van der Waals surface area contributed by atoms with E-state index in [4.69, 9.17) is 9.26 Å². The summed E-state index contributed by atoms with van der Waals surface area (Å²) in [4.78, 5) is 27.7. The molecule has 1 aromatic carbocycles. The number of anilines is 2. The van der Waals surface area contributed by atoms with Gasteiger partial charge in [0.1, 0.15) is 11.4 Å². The van der Waals surface area contributed by atoms with Crippen LogP contribution in [-0.4, -0.2) is 35.2 Å². The molecule has 5 rings (SSSR count). The van der Waals surface area contributed by atoms with Crippen molar-refractivity contribution in [3.05, 3.63) is 53.8 Å². The van der Waals surface area contributed by atoms with E-state index in [0.29, 0.717) is 23.8 Å². The van der Waals surface area contributed by atoms with Crippen molar-refractivity contribution in [2.75, 3.05) is 16.8 Å². The standard InChI is InChI=1S/C20H19N3O4/c1-11-3-5-13(6-4-11)21-18(24)16-14-7-8-20(26-14)10-23(19(25)17(16)20)15-9-12(2)27-22-15/h3-9,14,16-17H,10H2,1-2H3,(H,21,24)/t14-,16?,17?,20+/m1/s1. The van der Waals surface area contributed by atoms with Crippen LogP contribution >= 0.6 is 0 Å². The third-order valence-electron chi connectivity index (χ3n) is 5.61. The molecule has 2 aromatic rings. The number of aryl methyl sites for hydroxylation is 2. The lowest BCUT2D eigenvalue weighted by Crippen LogP contribution is -2.41. The van der Waals surface area contributed by atoms with Gasteiger partial charge >= 0.3 is 0 Å². The number of carbonyl (C=O) groups excluding carboxylic acids is 2. The Morgan fingerprint density at radius 3 is 2.78 bits per heavy atom. The molecule has 7 heteroatoms. The van der Waals surface area contributed by atoms with Crippen molar-refractivity contribution < 1.29 is 18.8 Å². The molecule has 2 bridgehead atoms. The fourth-order valence-electron chi connectivity index (χ4n) is 4.33. The minimum absolute atomic E-state index is 0.154. The van der Waals surface area contributed by atoms with E-state index in [2.05, 4.69) is 10.5 Å². The van der Waals surface area contributed by atoms with Crippen molar-refractivity contribution in [3.63, 3.8) is 0 Å². The first-order valence-corrected chi connectivity index (χ1v) is 8.96. The zero-order chi connectivity index (χ0) is 18.8. The quantitative estimate of drug-likeness (QED) is 0.843. The number of nitrogens with zero attached hydrogens (tertiary/aromatic N) is 2. The lowest BCUT2D eigenvalue weighted by Gasteiger charge is -2.23. The van der Waals surface area contributed by atoms with Crippen LogP contribution in [0.25, 0.3) is 0 Å². The van der Waals surface area contributed by atoms with Gasteiger partial charge in [0, 0.05) is 11.8 Å². The van der Waals surface area contributed by atoms with Crippen molar-refractivity contribution in [2.24, 2.45) is 11.8 Å². The largest absolute Gasteiger partial charge is 0.360 e. The summed E-state index contributed by atoms with van der Waals surface area (Å²) in [5.41, 5.74) is 1.05. The summed E-state index contributed by atoms with van der Waals surface area (Å²) in [5, 5.41) is 6.88. The molecule has 1 aromatic heterocycles. The molecule has 2 amide bonds. The number of carbonyl (C=O) groups is 2. The van der Waals surface area contributed by atoms with Crippen LogP contribution in [0.15, 0.2) is 47.0 Å². The molecule has 7 nitrogen and oxygen atoms in total. The fourth-order valence-corrected chi connectivity index (χ4v) is 4.33. The van der Waals surface area contributed by atoms with Gasteiger partial charge in [-0.15, -0.1) is 0 Å². The highest BCUT2D eigenvalue weighted by atomic mass is 16.5. The van der Waals surface area contributed by atoms with E-state index in [1.165, 1.54) is 0 Å². The van der Waals surface area contributed by atoms with Crippen molar-refractivity contribution >= 4 is 23.3 Å². The van der Waals surface area contributed by atoms with E-state index >= 15 is 0 Å². The van der Waals surface area contributed by atoms with Crippen LogP contribution in [0, 0.1) is 25.7 Å². The Morgan fingerprint density at radius 2 is 2.07 bits per heavy atom. The number of ether oxygens (including phenoxy) is 1. The molecule has 1 N–H and O–H groups in total. The number of fused-ring (bicyclic) bond motifs is 1. The second kappa shape index (κ2) is 5.53. The lowest BCUT2D eigenvalue weighted by atomic mass is 9.77. The first kappa shape index (κ1) is 16.3. The Kier molecular flexibility index (Phi) is 3.33. The fraction of sp³-hybridized carbons (Fsp3) is 0.350. The molecule has 3 aliphatic heterocycles. The SMILES string of the molecule is Cc1ccc(NC(=O)C2C3C(=O)N(c4cc(C)on4)C[C@@]34C=C[C@H]2O4)cc1. The molecule has 0 aliphatic carbocycles. The van der Waals surface area contributed by atoms with Gasteiger partial charge in [0.15, 0.2) is 5.82 Å². The molecule has 138 valence electrons. The summed E-state index contributed by atoms with van der Waals surface area (Å²) >= 11 is 0. The van der Waals surface area contributed by atoms with E-state index in [9.17, 15) is 9.59 Å². The maximum Gasteiger partial charge on any atom is 0.235 e. The molecule has 1 spiro atoms. The number of aromatic nitrogens is 1. The van der Waals surface area contributed by atoms with Gasteiger partial charge in [-0.25, -0.2) is 0 Å². The summed E-state index contributed by atoms with van der Waals surface area (Å²) in [6.45, 7) is 4.10. The van der Waals surface area contributed by atoms with Crippen LogP contribution in [0.4, 0.5) is 11.5 Å². The van der Waals surface area contributed by atoms with Gasteiger partial charge in [0.25, 0.3) is 0 Å². The predicted octanol–water partition coefficient (Wildman–Crippen LogP) is 2.22. The van der Waals surface area contributed by atoms with Crippen molar-refractivity contribution in [1.82, 2.24) is 5.16 Å². The van der Waals surface area contributed by atoms with Gasteiger partial charge in [-0.1, -0.05) is 35.0 Å². The molecule has 0 radical (unpaired) electrons. The summed E-state index contributed by atoms with van der Waals surface area (Å²) in [6.07, 6.45) is 3.43. The normalized spacial score (nSPS) is 30.8. The Bertz CT molecular complexity index is 964. The van der Waals surface area contributed by atoms with Crippen LogP contribution < -0.4 is 10.2 Å². The van der Waals surface area contributed by atoms with Gasteiger partial charge < -0.3 is 14.6 Å². The van der Waals surface area contributed by atoms with Gasteiger partial charge in [-0.3, -0.25) is 14.5 Å². The molecule has 2 fully saturated rings. The third kappa shape index (κ3) is 2.35. The smallest absolute Gasteiger partial charge is 0.235 e. The number of hydrogen-bond donors (Lipinski definition) is 1. The summed E-state index contributed by atoms with van der Waals surface area (Å²) in [7, 11) is 0. The number of nitrogens with one attached hydrogen (secondary N) is 1. The van der Waals surface area contributed by atoms with Crippen LogP contribution in [0.1, 0.15) is 11.3 Å². The summed E-state index contributed by atoms with van der Waals surface area (Å²) in [5.74, 6) is -0.399. The molecule has 4 atom stereocenters. The van der Waals surface area contributed by atoms with Crippen LogP contribution in [0.5, 0.6) is 0 Å². The van der Waals surface area contributed by atoms with Gasteiger partial charge in [0.2, 0.25) is 11.8 Å². The highest BCUT2D eigenvalue weighted by Crippen LogP contribution is 2.52. The molecule has 27 heavy (non-hydrogen) atoms. The summed E-state index contributed by atoms with van der Waals surface area (Å²) in [6, 6.07) is 9.29. The average molecular weight is 365 g/mol. The van der Waals surface area contributed by atoms with Crippen LogP contribution in [0.2, 0.25) is 0 Å². The van der Waals surface area contributed by atoms with Crippen LogP contribution in [-0.2, 0) is 14.3 Å². The van der Waals surface area contributed by atoms with Gasteiger partial charge in [0.05, 0.1) is 24.5 Å². The molecule has 0 saturated carbocycles. The van der Waals surface area contributed by atoms with E-state index in [0.717, 1.165) is 5.56 Å². The average Bonchev–Trinajstić information content (AvgIpc) is 3.38. The first-order chi connectivity index (χ1) is 13.0. The molecule has 3 aliphatic rings. The number of rotatable bonds is 3. The van der Waals surface area contributed by atoms with E-state index in [1.54, 1.807) is 17.9 Å². The van der Waals surface area contributed by atoms with Crippen molar-refractivity contribution in [2.45, 2.75) is 25.6 Å². The highest BCUT2D eigenvalue weighted by Gasteiger charge is 2.67. The maximum atomic E-state index is 13.1. The number of amides is 2. The monoisotopic (exact) mass is 365 g/mol. The van der Waals surface area contributed by atoms with E-state index in [1.807, 2.05) is 43.3 Å². The number of benzene rings is 1. The maximum absolute atomic E-state index is 13.1. The lowest BCUT2D eigenvalue weighted by molar-refractivity contribution is -0.128. The molecular formula is C20H19N3O4.